The van der Waals surface area contributed by atoms with Crippen LogP contribution in [0.25, 0.3) is 11.6 Å². The van der Waals surface area contributed by atoms with E-state index >= 15 is 0 Å². The average molecular weight is 415 g/mol. The lowest BCUT2D eigenvalue weighted by Crippen LogP contribution is -2.13. The zero-order chi connectivity index (χ0) is 16.1. The molecule has 0 aliphatic heterocycles. The number of halogens is 1. The molecule has 0 radical (unpaired) electrons. The Bertz CT molecular complexity index is 806. The molecule has 0 bridgehead atoms. The van der Waals surface area contributed by atoms with Gasteiger partial charge in [0.1, 0.15) is 5.76 Å². The van der Waals surface area contributed by atoms with E-state index in [1.807, 2.05) is 60.7 Å². The molecule has 0 aliphatic carbocycles. The van der Waals surface area contributed by atoms with Gasteiger partial charge in [0.15, 0.2) is 0 Å². The van der Waals surface area contributed by atoms with Gasteiger partial charge in [-0.2, -0.15) is 0 Å². The summed E-state index contributed by atoms with van der Waals surface area (Å²) < 4.78 is 6.46. The third-order valence-corrected chi connectivity index (χ3v) is 3.98. The minimum atomic E-state index is -0.172. The molecule has 0 unspecified atom stereocenters. The first kappa shape index (κ1) is 15.6. The molecule has 1 N–H and O–H groups in total. The summed E-state index contributed by atoms with van der Waals surface area (Å²) in [6, 6.07) is 20.8. The molecule has 2 aromatic carbocycles. The van der Waals surface area contributed by atoms with Gasteiger partial charge in [-0.05, 0) is 70.6 Å². The Morgan fingerprint density at radius 1 is 0.957 bits per heavy atom. The molecule has 3 nitrogen and oxygen atoms in total. The van der Waals surface area contributed by atoms with Crippen molar-refractivity contribution in [2.45, 2.75) is 0 Å². The van der Waals surface area contributed by atoms with Gasteiger partial charge in [0.25, 0.3) is 5.91 Å². The number of hydrogen-bond donors (Lipinski definition) is 1. The van der Waals surface area contributed by atoms with Gasteiger partial charge in [-0.3, -0.25) is 4.79 Å². The topological polar surface area (TPSA) is 42.2 Å². The molecule has 3 rings (SSSR count). The number of furan rings is 1. The normalized spacial score (nSPS) is 11.3. The molecule has 3 aromatic rings. The minimum absolute atomic E-state index is 0.172. The van der Waals surface area contributed by atoms with E-state index < -0.39 is 0 Å². The van der Waals surface area contributed by atoms with E-state index in [9.17, 15) is 4.79 Å². The van der Waals surface area contributed by atoms with Crippen molar-refractivity contribution in [1.82, 2.24) is 0 Å². The van der Waals surface area contributed by atoms with Crippen LogP contribution in [-0.4, -0.2) is 5.91 Å². The number of amides is 1. The van der Waals surface area contributed by atoms with E-state index in [0.29, 0.717) is 11.3 Å². The molecule has 0 fully saturated rings. The number of carbonyl (C=O) groups is 1. The van der Waals surface area contributed by atoms with Crippen molar-refractivity contribution >= 4 is 45.8 Å². The second kappa shape index (κ2) is 7.28. The van der Waals surface area contributed by atoms with Gasteiger partial charge in [0.05, 0.1) is 11.8 Å². The third kappa shape index (κ3) is 4.10. The van der Waals surface area contributed by atoms with Crippen LogP contribution in [-0.2, 0) is 4.79 Å². The molecular weight excluding hydrogens is 401 g/mol. The fourth-order valence-electron chi connectivity index (χ4n) is 2.14. The van der Waals surface area contributed by atoms with Crippen LogP contribution in [0.15, 0.2) is 77.4 Å². The highest BCUT2D eigenvalue weighted by Gasteiger charge is 2.13. The second-order valence-electron chi connectivity index (χ2n) is 4.90. The van der Waals surface area contributed by atoms with Crippen LogP contribution in [0.3, 0.4) is 0 Å². The van der Waals surface area contributed by atoms with Crippen LogP contribution < -0.4 is 5.32 Å². The molecule has 0 atom stereocenters. The SMILES string of the molecule is O=C(Nc1ccc(I)cc1)/C(=C/c1ccco1)c1ccccc1. The largest absolute Gasteiger partial charge is 0.465 e. The molecular formula is C19H14INO2. The Morgan fingerprint density at radius 2 is 1.70 bits per heavy atom. The fraction of sp³-hybridized carbons (Fsp3) is 0. The number of rotatable bonds is 4. The standard InChI is InChI=1S/C19H14INO2/c20-15-8-10-16(11-9-15)21-19(22)18(13-17-7-4-12-23-17)14-5-2-1-3-6-14/h1-13H,(H,21,22)/b18-13+. The van der Waals surface area contributed by atoms with Crippen molar-refractivity contribution in [1.29, 1.82) is 0 Å². The van der Waals surface area contributed by atoms with Gasteiger partial charge >= 0.3 is 0 Å². The molecule has 0 spiro atoms. The smallest absolute Gasteiger partial charge is 0.256 e. The Kier molecular flexibility index (Phi) is 4.92. The van der Waals surface area contributed by atoms with E-state index in [4.69, 9.17) is 4.42 Å². The van der Waals surface area contributed by atoms with Crippen LogP contribution >= 0.6 is 22.6 Å². The number of carbonyl (C=O) groups excluding carboxylic acids is 1. The first-order valence-corrected chi connectivity index (χ1v) is 8.18. The predicted octanol–water partition coefficient (Wildman–Crippen LogP) is 5.06. The van der Waals surface area contributed by atoms with E-state index in [-0.39, 0.29) is 5.91 Å². The Hall–Kier alpha value is -2.34. The summed E-state index contributed by atoms with van der Waals surface area (Å²) in [4.78, 5) is 12.7. The summed E-state index contributed by atoms with van der Waals surface area (Å²) in [5.41, 5.74) is 2.16. The zero-order valence-corrected chi connectivity index (χ0v) is 14.4. The molecule has 1 amide bonds. The Morgan fingerprint density at radius 3 is 2.35 bits per heavy atom. The van der Waals surface area contributed by atoms with Crippen LogP contribution in [0, 0.1) is 3.57 Å². The van der Waals surface area contributed by atoms with E-state index in [1.54, 1.807) is 18.4 Å². The zero-order valence-electron chi connectivity index (χ0n) is 12.2. The summed E-state index contributed by atoms with van der Waals surface area (Å²) in [5.74, 6) is 0.468. The van der Waals surface area contributed by atoms with Gasteiger partial charge in [0.2, 0.25) is 0 Å². The summed E-state index contributed by atoms with van der Waals surface area (Å²) in [5, 5.41) is 2.93. The van der Waals surface area contributed by atoms with Crippen molar-refractivity contribution in [3.8, 4) is 0 Å². The highest BCUT2D eigenvalue weighted by Crippen LogP contribution is 2.21. The summed E-state index contributed by atoms with van der Waals surface area (Å²) in [6.45, 7) is 0. The average Bonchev–Trinajstić information content (AvgIpc) is 3.09. The van der Waals surface area contributed by atoms with Crippen molar-refractivity contribution in [2.75, 3.05) is 5.32 Å². The molecule has 23 heavy (non-hydrogen) atoms. The quantitative estimate of drug-likeness (QED) is 0.478. The minimum Gasteiger partial charge on any atom is -0.465 e. The fourth-order valence-corrected chi connectivity index (χ4v) is 2.50. The van der Waals surface area contributed by atoms with E-state index in [1.165, 1.54) is 0 Å². The lowest BCUT2D eigenvalue weighted by molar-refractivity contribution is -0.111. The molecule has 1 aromatic heterocycles. The molecule has 114 valence electrons. The van der Waals surface area contributed by atoms with Crippen LogP contribution in [0.2, 0.25) is 0 Å². The van der Waals surface area contributed by atoms with Gasteiger partial charge in [-0.25, -0.2) is 0 Å². The molecule has 0 saturated heterocycles. The highest BCUT2D eigenvalue weighted by molar-refractivity contribution is 14.1. The molecule has 4 heteroatoms. The van der Waals surface area contributed by atoms with Crippen LogP contribution in [0.5, 0.6) is 0 Å². The predicted molar refractivity (Wildman–Crippen MR) is 101 cm³/mol. The van der Waals surface area contributed by atoms with Gasteiger partial charge in [-0.15, -0.1) is 0 Å². The highest BCUT2D eigenvalue weighted by atomic mass is 127. The van der Waals surface area contributed by atoms with Crippen LogP contribution in [0.4, 0.5) is 5.69 Å². The lowest BCUT2D eigenvalue weighted by Gasteiger charge is -2.09. The summed E-state index contributed by atoms with van der Waals surface area (Å²) in [7, 11) is 0. The van der Waals surface area contributed by atoms with Gasteiger partial charge < -0.3 is 9.73 Å². The lowest BCUT2D eigenvalue weighted by atomic mass is 10.0. The first-order chi connectivity index (χ1) is 11.2. The van der Waals surface area contributed by atoms with Crippen molar-refractivity contribution in [2.24, 2.45) is 0 Å². The summed E-state index contributed by atoms with van der Waals surface area (Å²) >= 11 is 2.23. The van der Waals surface area contributed by atoms with Gasteiger partial charge in [0, 0.05) is 9.26 Å². The van der Waals surface area contributed by atoms with Crippen molar-refractivity contribution in [3.63, 3.8) is 0 Å². The van der Waals surface area contributed by atoms with E-state index in [2.05, 4.69) is 27.9 Å². The Labute approximate surface area is 148 Å². The maximum absolute atomic E-state index is 12.7. The molecule has 0 saturated carbocycles. The number of benzene rings is 2. The number of anilines is 1. The maximum Gasteiger partial charge on any atom is 0.256 e. The third-order valence-electron chi connectivity index (χ3n) is 3.26. The van der Waals surface area contributed by atoms with Crippen molar-refractivity contribution < 1.29 is 9.21 Å². The molecule has 1 heterocycles. The van der Waals surface area contributed by atoms with Crippen LogP contribution in [0.1, 0.15) is 11.3 Å². The summed E-state index contributed by atoms with van der Waals surface area (Å²) in [6.07, 6.45) is 3.34. The second-order valence-corrected chi connectivity index (χ2v) is 6.15. The maximum atomic E-state index is 12.7. The monoisotopic (exact) mass is 415 g/mol. The van der Waals surface area contributed by atoms with Gasteiger partial charge in [-0.1, -0.05) is 30.3 Å². The number of hydrogen-bond acceptors (Lipinski definition) is 2. The Balaban J connectivity index is 1.92. The molecule has 0 aliphatic rings. The number of nitrogens with one attached hydrogen (secondary N) is 1. The first-order valence-electron chi connectivity index (χ1n) is 7.10. The van der Waals surface area contributed by atoms with Crippen molar-refractivity contribution in [3.05, 3.63) is 87.9 Å². The van der Waals surface area contributed by atoms with E-state index in [0.717, 1.165) is 14.8 Å².